The first-order valence-corrected chi connectivity index (χ1v) is 16.2. The largest absolute Gasteiger partial charge is 0.387 e. The molecule has 46 heavy (non-hydrogen) atoms. The van der Waals surface area contributed by atoms with Crippen molar-refractivity contribution in [2.45, 2.75) is 94.2 Å². The van der Waals surface area contributed by atoms with Gasteiger partial charge < -0.3 is 40.1 Å². The Hall–Kier alpha value is -2.74. The number of ether oxygens (including phenoxy) is 2. The molecule has 5 rings (SSSR count). The summed E-state index contributed by atoms with van der Waals surface area (Å²) in [7, 11) is 3.94. The number of rotatable bonds is 12. The summed E-state index contributed by atoms with van der Waals surface area (Å²) >= 11 is 0. The van der Waals surface area contributed by atoms with Crippen LogP contribution in [-0.2, 0) is 37.7 Å². The number of imide groups is 1. The molecular weight excluding hydrogens is 590 g/mol. The first-order valence-electron chi connectivity index (χ1n) is 16.2. The lowest BCUT2D eigenvalue weighted by molar-refractivity contribution is -0.348. The molecule has 0 radical (unpaired) electrons. The Balaban J connectivity index is 1.27. The van der Waals surface area contributed by atoms with Gasteiger partial charge in [0.25, 0.3) is 0 Å². The summed E-state index contributed by atoms with van der Waals surface area (Å²) in [6.07, 6.45) is -1.40. The Kier molecular flexibility index (Phi) is 10.1. The number of carbonyl (C=O) groups excluding carboxylic acids is 2. The van der Waals surface area contributed by atoms with Crippen LogP contribution < -0.4 is 10.6 Å². The van der Waals surface area contributed by atoms with Gasteiger partial charge in [0.2, 0.25) is 17.6 Å². The number of amides is 2. The molecule has 2 aromatic rings. The van der Waals surface area contributed by atoms with Crippen LogP contribution >= 0.6 is 0 Å². The van der Waals surface area contributed by atoms with Crippen molar-refractivity contribution in [1.29, 1.82) is 0 Å². The van der Waals surface area contributed by atoms with Crippen molar-refractivity contribution < 1.29 is 39.5 Å². The van der Waals surface area contributed by atoms with E-state index >= 15 is 0 Å². The van der Waals surface area contributed by atoms with Crippen LogP contribution in [0.3, 0.4) is 0 Å². The number of aliphatic hydroxyl groups excluding tert-OH is 3. The molecular formula is C35H49N3O8. The molecule has 3 aliphatic rings. The SMILES string of the molecule is Cc1ccc([C@]23OC[C@](C(C)(C)O)(O2)[C@@H](O)[C@H](O)[C@H]3O)cc1Cc1ccc(CCC(CCN(C)C)C(=O)NC(=O)C2CCN2)cc1. The third-order valence-electron chi connectivity index (χ3n) is 10.0. The highest BCUT2D eigenvalue weighted by Gasteiger charge is 2.71. The molecule has 252 valence electrons. The zero-order valence-corrected chi connectivity index (χ0v) is 27.5. The number of aliphatic hydroxyl groups is 4. The molecule has 3 heterocycles. The fraction of sp³-hybridized carbons (Fsp3) is 0.600. The Bertz CT molecular complexity index is 1410. The minimum Gasteiger partial charge on any atom is -0.387 e. The Morgan fingerprint density at radius 2 is 1.74 bits per heavy atom. The zero-order chi connectivity index (χ0) is 33.4. The minimum absolute atomic E-state index is 0.206. The Labute approximate surface area is 270 Å². The van der Waals surface area contributed by atoms with Crippen LogP contribution in [0.15, 0.2) is 42.5 Å². The summed E-state index contributed by atoms with van der Waals surface area (Å²) in [5.74, 6) is -2.49. The lowest BCUT2D eigenvalue weighted by Gasteiger charge is -2.50. The zero-order valence-electron chi connectivity index (χ0n) is 27.5. The molecule has 2 aromatic carbocycles. The first kappa shape index (κ1) is 34.6. The second kappa shape index (κ2) is 13.4. The van der Waals surface area contributed by atoms with Crippen LogP contribution in [0, 0.1) is 12.8 Å². The van der Waals surface area contributed by atoms with Crippen LogP contribution in [0.25, 0.3) is 0 Å². The summed E-state index contributed by atoms with van der Waals surface area (Å²) in [5, 5.41) is 49.2. The van der Waals surface area contributed by atoms with Crippen LogP contribution in [-0.4, -0.2) is 106 Å². The van der Waals surface area contributed by atoms with Gasteiger partial charge in [0, 0.05) is 11.5 Å². The quantitative estimate of drug-likeness (QED) is 0.197. The van der Waals surface area contributed by atoms with Crippen LogP contribution in [0.5, 0.6) is 0 Å². The van der Waals surface area contributed by atoms with Crippen molar-refractivity contribution in [1.82, 2.24) is 15.5 Å². The predicted octanol–water partition coefficient (Wildman–Crippen LogP) is 0.897. The van der Waals surface area contributed by atoms with Crippen LogP contribution in [0.4, 0.5) is 0 Å². The van der Waals surface area contributed by atoms with E-state index in [1.165, 1.54) is 13.8 Å². The van der Waals surface area contributed by atoms with Gasteiger partial charge in [-0.25, -0.2) is 0 Å². The fourth-order valence-corrected chi connectivity index (χ4v) is 6.59. The van der Waals surface area contributed by atoms with E-state index in [4.69, 9.17) is 9.47 Å². The molecule has 11 heteroatoms. The minimum atomic E-state index is -1.75. The number of nitrogens with zero attached hydrogens (tertiary/aromatic N) is 1. The number of carbonyl (C=O) groups is 2. The van der Waals surface area contributed by atoms with Crippen molar-refractivity contribution in [3.8, 4) is 0 Å². The highest BCUT2D eigenvalue weighted by molar-refractivity contribution is 5.99. The van der Waals surface area contributed by atoms with Crippen molar-refractivity contribution in [3.05, 3.63) is 70.3 Å². The first-order chi connectivity index (χ1) is 21.7. The summed E-state index contributed by atoms with van der Waals surface area (Å²) in [6.45, 7) is 6.29. The van der Waals surface area contributed by atoms with Crippen molar-refractivity contribution in [2.75, 3.05) is 33.8 Å². The summed E-state index contributed by atoms with van der Waals surface area (Å²) in [6, 6.07) is 13.5. The van der Waals surface area contributed by atoms with E-state index in [1.54, 1.807) is 6.07 Å². The smallest absolute Gasteiger partial charge is 0.243 e. The molecule has 7 atom stereocenters. The normalized spacial score (nSPS) is 29.8. The second-order valence-electron chi connectivity index (χ2n) is 14.0. The van der Waals surface area contributed by atoms with Crippen molar-refractivity contribution in [2.24, 2.45) is 5.92 Å². The third kappa shape index (κ3) is 6.65. The molecule has 6 N–H and O–H groups in total. The molecule has 0 spiro atoms. The van der Waals surface area contributed by atoms with E-state index in [-0.39, 0.29) is 30.4 Å². The van der Waals surface area contributed by atoms with Gasteiger partial charge in [-0.15, -0.1) is 0 Å². The van der Waals surface area contributed by atoms with E-state index in [9.17, 15) is 30.0 Å². The lowest BCUT2D eigenvalue weighted by Crippen LogP contribution is -2.70. The van der Waals surface area contributed by atoms with Gasteiger partial charge in [-0.2, -0.15) is 0 Å². The van der Waals surface area contributed by atoms with E-state index < -0.39 is 35.3 Å². The molecule has 2 amide bonds. The van der Waals surface area contributed by atoms with Crippen LogP contribution in [0.2, 0.25) is 0 Å². The van der Waals surface area contributed by atoms with Crippen LogP contribution in [0.1, 0.15) is 60.9 Å². The predicted molar refractivity (Wildman–Crippen MR) is 171 cm³/mol. The number of nitrogens with one attached hydrogen (secondary N) is 2. The molecule has 11 nitrogen and oxygen atoms in total. The fourth-order valence-electron chi connectivity index (χ4n) is 6.59. The van der Waals surface area contributed by atoms with Gasteiger partial charge >= 0.3 is 0 Å². The van der Waals surface area contributed by atoms with Gasteiger partial charge in [0.15, 0.2) is 5.60 Å². The summed E-state index contributed by atoms with van der Waals surface area (Å²) < 4.78 is 12.3. The second-order valence-corrected chi connectivity index (χ2v) is 14.0. The number of hydrogen-bond acceptors (Lipinski definition) is 10. The third-order valence-corrected chi connectivity index (χ3v) is 10.0. The van der Waals surface area contributed by atoms with Gasteiger partial charge in [-0.05, 0) is 108 Å². The maximum Gasteiger partial charge on any atom is 0.243 e. The van der Waals surface area contributed by atoms with Gasteiger partial charge in [0.1, 0.15) is 18.3 Å². The standard InChI is InChI=1S/C35H49N3O8/c1-21-6-13-26(35-30(41)28(39)29(40)34(46-35,20-45-35)33(2,3)44)19-25(21)18-23-9-7-22(8-10-23)11-12-24(15-17-38(4)5)31(42)37-32(43)27-14-16-36-27/h6-10,13,19,24,27-30,36,39-41,44H,11-12,14-18,20H2,1-5H3,(H,37,42,43)/t24?,27?,28-,29-,30+,34-,35-/m0/s1. The van der Waals surface area contributed by atoms with Crippen molar-refractivity contribution in [3.63, 3.8) is 0 Å². The molecule has 2 unspecified atom stereocenters. The average Bonchev–Trinajstić information content (AvgIpc) is 3.37. The topological polar surface area (TPSA) is 161 Å². The Morgan fingerprint density at radius 3 is 2.35 bits per heavy atom. The molecule has 0 aromatic heterocycles. The summed E-state index contributed by atoms with van der Waals surface area (Å²) in [5.41, 5.74) is 1.43. The van der Waals surface area contributed by atoms with E-state index in [0.717, 1.165) is 41.8 Å². The van der Waals surface area contributed by atoms with E-state index in [1.807, 2.05) is 38.1 Å². The number of fused-ring (bicyclic) bond motifs is 2. The van der Waals surface area contributed by atoms with Gasteiger partial charge in [-0.3, -0.25) is 14.9 Å². The summed E-state index contributed by atoms with van der Waals surface area (Å²) in [4.78, 5) is 27.4. The molecule has 2 bridgehead atoms. The molecule has 3 fully saturated rings. The van der Waals surface area contributed by atoms with E-state index in [2.05, 4.69) is 34.9 Å². The van der Waals surface area contributed by atoms with Gasteiger partial charge in [0.05, 0.1) is 18.2 Å². The van der Waals surface area contributed by atoms with Crippen molar-refractivity contribution >= 4 is 11.8 Å². The maximum atomic E-state index is 13.0. The lowest BCUT2D eigenvalue weighted by atomic mass is 9.75. The average molecular weight is 640 g/mol. The Morgan fingerprint density at radius 1 is 1.07 bits per heavy atom. The van der Waals surface area contributed by atoms with Gasteiger partial charge in [-0.1, -0.05) is 36.4 Å². The monoisotopic (exact) mass is 639 g/mol. The van der Waals surface area contributed by atoms with E-state index in [0.29, 0.717) is 31.2 Å². The molecule has 3 saturated heterocycles. The molecule has 0 aliphatic carbocycles. The number of benzene rings is 2. The maximum absolute atomic E-state index is 13.0. The molecule has 0 saturated carbocycles. The number of aryl methyl sites for hydroxylation is 2. The highest BCUT2D eigenvalue weighted by Crippen LogP contribution is 2.53. The number of hydrogen-bond donors (Lipinski definition) is 6. The molecule has 3 aliphatic heterocycles. The highest BCUT2D eigenvalue weighted by atomic mass is 16.8.